The van der Waals surface area contributed by atoms with Gasteiger partial charge in [-0.1, -0.05) is 12.1 Å². The number of nitrogens with one attached hydrogen (secondary N) is 1. The first-order valence-corrected chi connectivity index (χ1v) is 5.33. The first-order valence-electron chi connectivity index (χ1n) is 5.33. The van der Waals surface area contributed by atoms with E-state index in [2.05, 4.69) is 5.32 Å². The molecule has 2 N–H and O–H groups in total. The molecule has 0 saturated heterocycles. The Labute approximate surface area is 103 Å². The summed E-state index contributed by atoms with van der Waals surface area (Å²) in [6.07, 6.45) is -4.53. The molecule has 1 atom stereocenters. The molecule has 100 valence electrons. The molecule has 0 fully saturated rings. The zero-order chi connectivity index (χ0) is 13.7. The molecule has 0 amide bonds. The van der Waals surface area contributed by atoms with Gasteiger partial charge < -0.3 is 10.4 Å². The number of nitro benzene ring substituents is 1. The maximum absolute atomic E-state index is 12.0. The van der Waals surface area contributed by atoms with E-state index in [0.717, 1.165) is 0 Å². The van der Waals surface area contributed by atoms with Crippen LogP contribution in [0, 0.1) is 17.0 Å². The molecule has 0 bridgehead atoms. The Morgan fingerprint density at radius 2 is 2.17 bits per heavy atom. The van der Waals surface area contributed by atoms with Crippen molar-refractivity contribution in [3.63, 3.8) is 0 Å². The van der Waals surface area contributed by atoms with Crippen LogP contribution in [0.4, 0.5) is 14.5 Å². The molecule has 18 heavy (non-hydrogen) atoms. The molecule has 0 radical (unpaired) electrons. The number of halogens is 2. The molecule has 0 aliphatic carbocycles. The van der Waals surface area contributed by atoms with E-state index in [4.69, 9.17) is 5.11 Å². The van der Waals surface area contributed by atoms with Crippen LogP contribution in [0.15, 0.2) is 18.2 Å². The van der Waals surface area contributed by atoms with Crippen molar-refractivity contribution in [3.05, 3.63) is 39.4 Å². The Bertz CT molecular complexity index is 427. The van der Waals surface area contributed by atoms with Crippen LogP contribution >= 0.6 is 0 Å². The highest BCUT2D eigenvalue weighted by molar-refractivity contribution is 5.44. The molecule has 0 spiro atoms. The van der Waals surface area contributed by atoms with Crippen molar-refractivity contribution in [2.45, 2.75) is 26.0 Å². The number of benzene rings is 1. The van der Waals surface area contributed by atoms with Crippen molar-refractivity contribution >= 4 is 5.69 Å². The summed E-state index contributed by atoms with van der Waals surface area (Å²) in [4.78, 5) is 10.2. The molecule has 5 nitrogen and oxygen atoms in total. The van der Waals surface area contributed by atoms with E-state index in [9.17, 15) is 18.9 Å². The minimum atomic E-state index is -2.80. The van der Waals surface area contributed by atoms with Gasteiger partial charge in [0.15, 0.2) is 0 Å². The molecule has 0 aromatic heterocycles. The van der Waals surface area contributed by atoms with Gasteiger partial charge >= 0.3 is 0 Å². The summed E-state index contributed by atoms with van der Waals surface area (Å²) in [6.45, 7) is 1.52. The van der Waals surface area contributed by atoms with Gasteiger partial charge in [-0.25, -0.2) is 8.78 Å². The summed E-state index contributed by atoms with van der Waals surface area (Å²) in [5.74, 6) is 0. The molecule has 1 unspecified atom stereocenters. The van der Waals surface area contributed by atoms with Crippen molar-refractivity contribution < 1.29 is 18.8 Å². The fourth-order valence-electron chi connectivity index (χ4n) is 1.50. The van der Waals surface area contributed by atoms with Gasteiger partial charge in [-0.2, -0.15) is 0 Å². The van der Waals surface area contributed by atoms with Crippen LogP contribution < -0.4 is 5.32 Å². The van der Waals surface area contributed by atoms with E-state index < -0.39 is 17.5 Å². The van der Waals surface area contributed by atoms with Crippen molar-refractivity contribution in [2.24, 2.45) is 0 Å². The Kier molecular flexibility index (Phi) is 5.11. The fraction of sp³-hybridized carbons (Fsp3) is 0.455. The van der Waals surface area contributed by atoms with E-state index in [1.165, 1.54) is 12.1 Å². The molecule has 0 aliphatic heterocycles. The van der Waals surface area contributed by atoms with E-state index in [1.54, 1.807) is 13.0 Å². The normalized spacial score (nSPS) is 12.7. The molecule has 7 heteroatoms. The van der Waals surface area contributed by atoms with Gasteiger partial charge in [0, 0.05) is 24.7 Å². The highest BCUT2D eigenvalue weighted by Crippen LogP contribution is 2.20. The zero-order valence-electron chi connectivity index (χ0n) is 9.77. The summed E-state index contributed by atoms with van der Waals surface area (Å²) in [5, 5.41) is 22.2. The van der Waals surface area contributed by atoms with Gasteiger partial charge in [0.2, 0.25) is 0 Å². The number of alkyl halides is 2. The van der Waals surface area contributed by atoms with Crippen LogP contribution in [-0.4, -0.2) is 29.1 Å². The second-order valence-electron chi connectivity index (χ2n) is 3.85. The molecule has 1 aromatic carbocycles. The zero-order valence-corrected chi connectivity index (χ0v) is 9.77. The van der Waals surface area contributed by atoms with Gasteiger partial charge in [0.25, 0.3) is 12.1 Å². The lowest BCUT2D eigenvalue weighted by molar-refractivity contribution is -0.385. The average molecular weight is 260 g/mol. The minimum absolute atomic E-state index is 0.0105. The lowest BCUT2D eigenvalue weighted by Gasteiger charge is -2.11. The van der Waals surface area contributed by atoms with Crippen molar-refractivity contribution in [3.8, 4) is 0 Å². The molecule has 0 aliphatic rings. The van der Waals surface area contributed by atoms with Crippen LogP contribution in [0.5, 0.6) is 0 Å². The van der Waals surface area contributed by atoms with Crippen LogP contribution in [0.3, 0.4) is 0 Å². The number of aliphatic hydroxyl groups is 1. The number of nitrogens with zero attached hydrogens (tertiary/aromatic N) is 1. The quantitative estimate of drug-likeness (QED) is 0.602. The number of rotatable bonds is 6. The summed E-state index contributed by atoms with van der Waals surface area (Å²) >= 11 is 0. The maximum atomic E-state index is 12.0. The van der Waals surface area contributed by atoms with Crippen molar-refractivity contribution in [1.29, 1.82) is 0 Å². The molecule has 0 heterocycles. The Morgan fingerprint density at radius 3 is 2.72 bits per heavy atom. The summed E-state index contributed by atoms with van der Waals surface area (Å²) < 4.78 is 24.0. The predicted molar refractivity (Wildman–Crippen MR) is 61.6 cm³/mol. The largest absolute Gasteiger partial charge is 0.386 e. The third-order valence-electron chi connectivity index (χ3n) is 2.57. The third kappa shape index (κ3) is 3.71. The van der Waals surface area contributed by atoms with E-state index in [0.29, 0.717) is 11.1 Å². The number of nitro groups is 1. The van der Waals surface area contributed by atoms with Gasteiger partial charge in [-0.15, -0.1) is 0 Å². The lowest BCUT2D eigenvalue weighted by Crippen LogP contribution is -2.31. The maximum Gasteiger partial charge on any atom is 0.272 e. The second-order valence-corrected chi connectivity index (χ2v) is 3.85. The van der Waals surface area contributed by atoms with Crippen LogP contribution in [0.2, 0.25) is 0 Å². The predicted octanol–water partition coefficient (Wildman–Crippen LogP) is 1.62. The number of aliphatic hydroxyl groups excluding tert-OH is 1. The van der Waals surface area contributed by atoms with E-state index in [-0.39, 0.29) is 18.8 Å². The summed E-state index contributed by atoms with van der Waals surface area (Å²) in [7, 11) is 0. The monoisotopic (exact) mass is 260 g/mol. The smallest absolute Gasteiger partial charge is 0.272 e. The van der Waals surface area contributed by atoms with Gasteiger partial charge in [0.05, 0.1) is 4.92 Å². The minimum Gasteiger partial charge on any atom is -0.386 e. The lowest BCUT2D eigenvalue weighted by atomic mass is 10.1. The topological polar surface area (TPSA) is 75.4 Å². The van der Waals surface area contributed by atoms with Gasteiger partial charge in [-0.3, -0.25) is 10.1 Å². The molecule has 1 aromatic rings. The van der Waals surface area contributed by atoms with Crippen LogP contribution in [0.1, 0.15) is 11.1 Å². The van der Waals surface area contributed by atoms with Crippen LogP contribution in [0.25, 0.3) is 0 Å². The molecular formula is C11H14F2N2O3. The molecule has 0 saturated carbocycles. The SMILES string of the molecule is Cc1c(CNCC(O)C(F)F)cccc1[N+](=O)[O-]. The van der Waals surface area contributed by atoms with Crippen LogP contribution in [-0.2, 0) is 6.54 Å². The molecule has 1 rings (SSSR count). The van der Waals surface area contributed by atoms with Gasteiger partial charge in [-0.05, 0) is 12.5 Å². The Balaban J connectivity index is 2.63. The summed E-state index contributed by atoms with van der Waals surface area (Å²) in [6, 6.07) is 4.59. The van der Waals surface area contributed by atoms with Crippen molar-refractivity contribution in [2.75, 3.05) is 6.54 Å². The number of hydrogen-bond acceptors (Lipinski definition) is 4. The highest BCUT2D eigenvalue weighted by Gasteiger charge is 2.17. The van der Waals surface area contributed by atoms with Gasteiger partial charge in [0.1, 0.15) is 6.10 Å². The van der Waals surface area contributed by atoms with E-state index >= 15 is 0 Å². The Hall–Kier alpha value is -1.60. The molecular weight excluding hydrogens is 246 g/mol. The standard InChI is InChI=1S/C11H14F2N2O3/c1-7-8(3-2-4-9(7)15(17)18)5-14-6-10(16)11(12)13/h2-4,10-11,14,16H,5-6H2,1H3. The first-order chi connectivity index (χ1) is 8.43. The second kappa shape index (κ2) is 6.36. The average Bonchev–Trinajstić information content (AvgIpc) is 2.30. The number of hydrogen-bond donors (Lipinski definition) is 2. The Morgan fingerprint density at radius 1 is 1.50 bits per heavy atom. The third-order valence-corrected chi connectivity index (χ3v) is 2.57. The fourth-order valence-corrected chi connectivity index (χ4v) is 1.50. The van der Waals surface area contributed by atoms with Crippen molar-refractivity contribution in [1.82, 2.24) is 5.32 Å². The van der Waals surface area contributed by atoms with E-state index in [1.807, 2.05) is 0 Å². The first kappa shape index (κ1) is 14.5. The summed E-state index contributed by atoms with van der Waals surface area (Å²) in [5.41, 5.74) is 1.12. The highest BCUT2D eigenvalue weighted by atomic mass is 19.3.